The molecule has 4 nitrogen and oxygen atoms in total. The number of anilines is 1. The Morgan fingerprint density at radius 1 is 1.00 bits per heavy atom. The number of hydrogen-bond acceptors (Lipinski definition) is 3. The summed E-state index contributed by atoms with van der Waals surface area (Å²) in [5.41, 5.74) is 1.38. The van der Waals surface area contributed by atoms with Gasteiger partial charge in [-0.25, -0.2) is 8.42 Å². The van der Waals surface area contributed by atoms with E-state index in [0.29, 0.717) is 16.8 Å². The molecule has 2 aromatic rings. The largest absolute Gasteiger partial charge is 0.283 e. The number of rotatable bonds is 4. The molecule has 0 amide bonds. The van der Waals surface area contributed by atoms with Crippen molar-refractivity contribution in [2.24, 2.45) is 0 Å². The second-order valence-corrected chi connectivity index (χ2v) is 5.72. The molecule has 0 saturated heterocycles. The minimum absolute atomic E-state index is 0.217. The molecule has 2 aromatic carbocycles. The van der Waals surface area contributed by atoms with Crippen molar-refractivity contribution in [2.45, 2.75) is 5.75 Å². The zero-order valence-electron chi connectivity index (χ0n) is 10.1. The van der Waals surface area contributed by atoms with E-state index in [1.165, 1.54) is 0 Å². The number of nitriles is 1. The Bertz CT molecular complexity index is 704. The highest BCUT2D eigenvalue weighted by Crippen LogP contribution is 2.14. The lowest BCUT2D eigenvalue weighted by molar-refractivity contribution is 0.600. The number of para-hydroxylation sites is 1. The van der Waals surface area contributed by atoms with E-state index in [9.17, 15) is 8.42 Å². The molecule has 1 N–H and O–H groups in total. The topological polar surface area (TPSA) is 70.0 Å². The van der Waals surface area contributed by atoms with Crippen molar-refractivity contribution in [1.82, 2.24) is 0 Å². The molecule has 0 unspecified atom stereocenters. The van der Waals surface area contributed by atoms with Crippen LogP contribution >= 0.6 is 0 Å². The summed E-state index contributed by atoms with van der Waals surface area (Å²) < 4.78 is 26.5. The summed E-state index contributed by atoms with van der Waals surface area (Å²) in [5, 5.41) is 8.94. The normalized spacial score (nSPS) is 10.7. The first-order valence-corrected chi connectivity index (χ1v) is 7.29. The fraction of sp³-hybridized carbons (Fsp3) is 0.0714. The highest BCUT2D eigenvalue weighted by atomic mass is 32.2. The first kappa shape index (κ1) is 13.1. The van der Waals surface area contributed by atoms with Crippen LogP contribution in [0.25, 0.3) is 0 Å². The molecular weight excluding hydrogens is 260 g/mol. The van der Waals surface area contributed by atoms with E-state index in [2.05, 4.69) is 4.72 Å². The lowest BCUT2D eigenvalue weighted by Gasteiger charge is -2.08. The first-order valence-electron chi connectivity index (χ1n) is 5.64. The van der Waals surface area contributed by atoms with Gasteiger partial charge in [0.25, 0.3) is 0 Å². The van der Waals surface area contributed by atoms with Crippen LogP contribution in [0.4, 0.5) is 5.69 Å². The predicted molar refractivity (Wildman–Crippen MR) is 73.8 cm³/mol. The molecule has 0 atom stereocenters. The van der Waals surface area contributed by atoms with E-state index in [0.717, 1.165) is 0 Å². The number of benzene rings is 2. The highest BCUT2D eigenvalue weighted by molar-refractivity contribution is 7.91. The molecule has 0 fully saturated rings. The Labute approximate surface area is 112 Å². The lowest BCUT2D eigenvalue weighted by atomic mass is 10.1. The minimum Gasteiger partial charge on any atom is -0.283 e. The first-order chi connectivity index (χ1) is 9.11. The SMILES string of the molecule is N#Cc1ccccc1CS(=O)(=O)Nc1ccccc1. The lowest BCUT2D eigenvalue weighted by Crippen LogP contribution is -2.15. The zero-order chi connectivity index (χ0) is 13.7. The van der Waals surface area contributed by atoms with Crippen molar-refractivity contribution in [3.63, 3.8) is 0 Å². The summed E-state index contributed by atoms with van der Waals surface area (Å²) in [5.74, 6) is -0.217. The van der Waals surface area contributed by atoms with Gasteiger partial charge in [-0.1, -0.05) is 36.4 Å². The van der Waals surface area contributed by atoms with Crippen molar-refractivity contribution in [3.05, 3.63) is 65.7 Å². The van der Waals surface area contributed by atoms with E-state index >= 15 is 0 Å². The molecule has 5 heteroatoms. The molecule has 0 spiro atoms. The molecule has 0 aromatic heterocycles. The van der Waals surface area contributed by atoms with Crippen LogP contribution < -0.4 is 4.72 Å². The Morgan fingerprint density at radius 3 is 2.32 bits per heavy atom. The Morgan fingerprint density at radius 2 is 1.63 bits per heavy atom. The van der Waals surface area contributed by atoms with Crippen LogP contribution in [-0.4, -0.2) is 8.42 Å². The minimum atomic E-state index is -3.52. The van der Waals surface area contributed by atoms with Gasteiger partial charge < -0.3 is 0 Å². The molecule has 0 aliphatic heterocycles. The third kappa shape index (κ3) is 3.57. The van der Waals surface area contributed by atoms with Crippen LogP contribution in [0.1, 0.15) is 11.1 Å². The summed E-state index contributed by atoms with van der Waals surface area (Å²) in [4.78, 5) is 0. The maximum absolute atomic E-state index is 12.0. The summed E-state index contributed by atoms with van der Waals surface area (Å²) in [7, 11) is -3.52. The van der Waals surface area contributed by atoms with Crippen molar-refractivity contribution >= 4 is 15.7 Å². The summed E-state index contributed by atoms with van der Waals surface area (Å²) in [6.45, 7) is 0. The molecule has 0 aliphatic rings. The summed E-state index contributed by atoms with van der Waals surface area (Å²) in [6, 6.07) is 17.3. The van der Waals surface area contributed by atoms with E-state index in [-0.39, 0.29) is 5.75 Å². The third-order valence-electron chi connectivity index (χ3n) is 2.53. The Balaban J connectivity index is 2.21. The number of hydrogen-bond donors (Lipinski definition) is 1. The van der Waals surface area contributed by atoms with Gasteiger partial charge in [0.1, 0.15) is 0 Å². The van der Waals surface area contributed by atoms with Crippen LogP contribution in [0.15, 0.2) is 54.6 Å². The molecule has 96 valence electrons. The molecule has 2 rings (SSSR count). The molecule has 0 saturated carbocycles. The fourth-order valence-corrected chi connectivity index (χ4v) is 2.91. The van der Waals surface area contributed by atoms with Crippen molar-refractivity contribution < 1.29 is 8.42 Å². The summed E-state index contributed by atoms with van der Waals surface area (Å²) >= 11 is 0. The smallest absolute Gasteiger partial charge is 0.236 e. The molecule has 0 bridgehead atoms. The molecule has 0 heterocycles. The van der Waals surface area contributed by atoms with Gasteiger partial charge in [-0.05, 0) is 23.8 Å². The Kier molecular flexibility index (Phi) is 3.83. The monoisotopic (exact) mass is 272 g/mol. The number of nitrogens with one attached hydrogen (secondary N) is 1. The quantitative estimate of drug-likeness (QED) is 0.929. The molecule has 19 heavy (non-hydrogen) atoms. The van der Waals surface area contributed by atoms with E-state index < -0.39 is 10.0 Å². The van der Waals surface area contributed by atoms with Gasteiger partial charge in [-0.3, -0.25) is 4.72 Å². The van der Waals surface area contributed by atoms with Crippen LogP contribution in [-0.2, 0) is 15.8 Å². The van der Waals surface area contributed by atoms with Crippen molar-refractivity contribution in [3.8, 4) is 6.07 Å². The number of sulfonamides is 1. The fourth-order valence-electron chi connectivity index (χ4n) is 1.68. The standard InChI is InChI=1S/C14H12N2O2S/c15-10-12-6-4-5-7-13(12)11-19(17,18)16-14-8-2-1-3-9-14/h1-9,16H,11H2. The van der Waals surface area contributed by atoms with Gasteiger partial charge in [-0.15, -0.1) is 0 Å². The van der Waals surface area contributed by atoms with Gasteiger partial charge in [-0.2, -0.15) is 5.26 Å². The van der Waals surface area contributed by atoms with Crippen LogP contribution in [0.5, 0.6) is 0 Å². The van der Waals surface area contributed by atoms with Gasteiger partial charge in [0.05, 0.1) is 17.4 Å². The summed E-state index contributed by atoms with van der Waals surface area (Å²) in [6.07, 6.45) is 0. The maximum Gasteiger partial charge on any atom is 0.236 e. The number of nitrogens with zero attached hydrogens (tertiary/aromatic N) is 1. The molecular formula is C14H12N2O2S. The average molecular weight is 272 g/mol. The van der Waals surface area contributed by atoms with Gasteiger partial charge in [0.2, 0.25) is 10.0 Å². The van der Waals surface area contributed by atoms with Crippen molar-refractivity contribution in [1.29, 1.82) is 5.26 Å². The second-order valence-electron chi connectivity index (χ2n) is 4.00. The third-order valence-corrected chi connectivity index (χ3v) is 3.77. The van der Waals surface area contributed by atoms with Gasteiger partial charge >= 0.3 is 0 Å². The van der Waals surface area contributed by atoms with Crippen molar-refractivity contribution in [2.75, 3.05) is 4.72 Å². The highest BCUT2D eigenvalue weighted by Gasteiger charge is 2.14. The van der Waals surface area contributed by atoms with E-state index in [1.54, 1.807) is 48.5 Å². The second kappa shape index (κ2) is 5.55. The average Bonchev–Trinajstić information content (AvgIpc) is 2.39. The van der Waals surface area contributed by atoms with Gasteiger partial charge in [0.15, 0.2) is 0 Å². The zero-order valence-corrected chi connectivity index (χ0v) is 10.9. The van der Waals surface area contributed by atoms with E-state index in [4.69, 9.17) is 5.26 Å². The van der Waals surface area contributed by atoms with Crippen LogP contribution in [0, 0.1) is 11.3 Å². The van der Waals surface area contributed by atoms with Crippen LogP contribution in [0.2, 0.25) is 0 Å². The Hall–Kier alpha value is -2.32. The maximum atomic E-state index is 12.0. The van der Waals surface area contributed by atoms with Crippen LogP contribution in [0.3, 0.4) is 0 Å². The van der Waals surface area contributed by atoms with E-state index in [1.807, 2.05) is 12.1 Å². The predicted octanol–water partition coefficient (Wildman–Crippen LogP) is 2.50. The van der Waals surface area contributed by atoms with Gasteiger partial charge in [0, 0.05) is 5.69 Å². The molecule has 0 aliphatic carbocycles. The molecule has 0 radical (unpaired) electrons.